The van der Waals surface area contributed by atoms with Gasteiger partial charge in [0.25, 0.3) is 0 Å². The van der Waals surface area contributed by atoms with Crippen LogP contribution in [0.15, 0.2) is 49.0 Å². The van der Waals surface area contributed by atoms with E-state index in [2.05, 4.69) is 42.3 Å². The van der Waals surface area contributed by atoms with Crippen molar-refractivity contribution in [1.82, 2.24) is 5.43 Å². The van der Waals surface area contributed by atoms with Gasteiger partial charge in [-0.1, -0.05) is 18.2 Å². The molecule has 0 atom stereocenters. The smallest absolute Gasteiger partial charge is 0.149 e. The molecule has 0 amide bonds. The molecule has 3 nitrogen and oxygen atoms in total. The molecule has 0 aliphatic carbocycles. The third kappa shape index (κ3) is 3.16. The van der Waals surface area contributed by atoms with Crippen molar-refractivity contribution in [2.45, 2.75) is 0 Å². The third-order valence-electron chi connectivity index (χ3n) is 2.05. The van der Waals surface area contributed by atoms with Gasteiger partial charge >= 0.3 is 0 Å². The minimum absolute atomic E-state index is 0.630. The van der Waals surface area contributed by atoms with E-state index >= 15 is 0 Å². The maximum atomic E-state index is 5.52. The van der Waals surface area contributed by atoms with Gasteiger partial charge in [0.1, 0.15) is 5.84 Å². The van der Waals surface area contributed by atoms with Gasteiger partial charge in [0.15, 0.2) is 0 Å². The molecule has 0 aliphatic rings. The minimum Gasteiger partial charge on any atom is -0.308 e. The number of nitrogens with two attached hydrogens (primary N) is 1. The second-order valence-electron chi connectivity index (χ2n) is 3.18. The van der Waals surface area contributed by atoms with Gasteiger partial charge in [0, 0.05) is 5.56 Å². The predicted octanol–water partition coefficient (Wildman–Crippen LogP) is 3.81. The number of amidine groups is 1. The Morgan fingerprint density at radius 1 is 1.24 bits per heavy atom. The Morgan fingerprint density at radius 3 is 2.47 bits per heavy atom. The van der Waals surface area contributed by atoms with Crippen LogP contribution in [-0.2, 0) is 0 Å². The molecule has 1 heterocycles. The second kappa shape index (κ2) is 5.77. The van der Waals surface area contributed by atoms with E-state index in [1.807, 2.05) is 36.4 Å². The molecular weight excluding hydrogens is 366 g/mol. The lowest BCUT2D eigenvalue weighted by Gasteiger charge is -2.04. The number of hydrogen-bond donors (Lipinski definition) is 2. The summed E-state index contributed by atoms with van der Waals surface area (Å²) in [4.78, 5) is 4.46. The van der Waals surface area contributed by atoms with Crippen LogP contribution >= 0.6 is 43.2 Å². The van der Waals surface area contributed by atoms with Gasteiger partial charge in [-0.2, -0.15) is 0 Å². The second-order valence-corrected chi connectivity index (χ2v) is 6.93. The summed E-state index contributed by atoms with van der Waals surface area (Å²) in [5.41, 5.74) is 4.42. The number of nitrogens with zero attached hydrogens (tertiary/aromatic N) is 1. The van der Waals surface area contributed by atoms with Crippen LogP contribution in [0.1, 0.15) is 5.56 Å². The van der Waals surface area contributed by atoms with Crippen LogP contribution in [0.25, 0.3) is 0 Å². The first-order valence-corrected chi connectivity index (χ1v) is 7.16. The molecule has 2 aromatic rings. The highest BCUT2D eigenvalue weighted by Gasteiger charge is 2.10. The zero-order valence-corrected chi connectivity index (χ0v) is 12.6. The molecule has 0 unspecified atom stereocenters. The normalized spacial score (nSPS) is 11.6. The average molecular weight is 375 g/mol. The van der Waals surface area contributed by atoms with Crippen LogP contribution in [-0.4, -0.2) is 5.84 Å². The van der Waals surface area contributed by atoms with Crippen molar-refractivity contribution in [1.29, 1.82) is 0 Å². The molecule has 0 saturated heterocycles. The van der Waals surface area contributed by atoms with Gasteiger partial charge in [-0.05, 0) is 50.1 Å². The Bertz CT molecular complexity index is 537. The highest BCUT2D eigenvalue weighted by atomic mass is 79.9. The molecule has 17 heavy (non-hydrogen) atoms. The van der Waals surface area contributed by atoms with Gasteiger partial charge in [0.2, 0.25) is 0 Å². The Hall–Kier alpha value is -0.690. The maximum absolute atomic E-state index is 5.52. The lowest BCUT2D eigenvalue weighted by Crippen LogP contribution is -2.30. The molecule has 88 valence electrons. The maximum Gasteiger partial charge on any atom is 0.149 e. The molecule has 0 aliphatic heterocycles. The standard InChI is InChI=1S/C11H9Br2N3S/c12-9-6-8(10(13)17-9)11(16-14)15-7-4-2-1-3-5-7/h1-6H,14H2,(H,15,16). The van der Waals surface area contributed by atoms with Crippen LogP contribution in [0.4, 0.5) is 5.69 Å². The number of para-hydroxylation sites is 1. The number of aliphatic imine (C=N–C) groups is 1. The molecule has 1 aromatic heterocycles. The van der Waals surface area contributed by atoms with Crippen molar-refractivity contribution in [3.63, 3.8) is 0 Å². The number of rotatable bonds is 2. The number of thiophene rings is 1. The zero-order valence-electron chi connectivity index (χ0n) is 8.65. The van der Waals surface area contributed by atoms with E-state index in [9.17, 15) is 0 Å². The average Bonchev–Trinajstić information content (AvgIpc) is 2.67. The zero-order chi connectivity index (χ0) is 12.3. The lowest BCUT2D eigenvalue weighted by atomic mass is 10.3. The van der Waals surface area contributed by atoms with Gasteiger partial charge < -0.3 is 5.43 Å². The largest absolute Gasteiger partial charge is 0.308 e. The Morgan fingerprint density at radius 2 is 1.94 bits per heavy atom. The Labute approximate surface area is 120 Å². The molecule has 0 spiro atoms. The molecular formula is C11H9Br2N3S. The molecule has 0 radical (unpaired) electrons. The molecule has 0 fully saturated rings. The fourth-order valence-electron chi connectivity index (χ4n) is 1.30. The van der Waals surface area contributed by atoms with Gasteiger partial charge in [-0.25, -0.2) is 10.8 Å². The number of benzene rings is 1. The molecule has 1 aromatic carbocycles. The number of hydrazine groups is 1. The summed E-state index contributed by atoms with van der Waals surface area (Å²) >= 11 is 8.50. The van der Waals surface area contributed by atoms with Gasteiger partial charge in [-0.15, -0.1) is 11.3 Å². The van der Waals surface area contributed by atoms with E-state index in [0.29, 0.717) is 5.84 Å². The van der Waals surface area contributed by atoms with E-state index in [0.717, 1.165) is 18.8 Å². The first-order chi connectivity index (χ1) is 8.20. The van der Waals surface area contributed by atoms with E-state index < -0.39 is 0 Å². The SMILES string of the molecule is NNC(=Nc1ccccc1)c1cc(Br)sc1Br. The van der Waals surface area contributed by atoms with Crippen LogP contribution in [0.2, 0.25) is 0 Å². The highest BCUT2D eigenvalue weighted by molar-refractivity contribution is 9.12. The van der Waals surface area contributed by atoms with Gasteiger partial charge in [0.05, 0.1) is 13.3 Å². The summed E-state index contributed by atoms with van der Waals surface area (Å²) < 4.78 is 2.01. The third-order valence-corrected chi connectivity index (χ3v) is 4.38. The number of hydrogen-bond acceptors (Lipinski definition) is 3. The molecule has 6 heteroatoms. The first-order valence-electron chi connectivity index (χ1n) is 4.76. The van der Waals surface area contributed by atoms with Crippen LogP contribution in [0, 0.1) is 0 Å². The van der Waals surface area contributed by atoms with Crippen molar-refractivity contribution in [3.05, 3.63) is 49.5 Å². The van der Waals surface area contributed by atoms with Crippen molar-refractivity contribution >= 4 is 54.7 Å². The topological polar surface area (TPSA) is 50.4 Å². The van der Waals surface area contributed by atoms with E-state index in [1.165, 1.54) is 0 Å². The van der Waals surface area contributed by atoms with Crippen LogP contribution in [0.5, 0.6) is 0 Å². The van der Waals surface area contributed by atoms with Crippen molar-refractivity contribution < 1.29 is 0 Å². The molecule has 2 rings (SSSR count). The predicted molar refractivity (Wildman–Crippen MR) is 79.7 cm³/mol. The Kier molecular flexibility index (Phi) is 4.33. The molecule has 0 saturated carbocycles. The summed E-state index contributed by atoms with van der Waals surface area (Å²) in [5.74, 6) is 6.15. The lowest BCUT2D eigenvalue weighted by molar-refractivity contribution is 1.02. The number of nitrogens with one attached hydrogen (secondary N) is 1. The van der Waals surface area contributed by atoms with E-state index in [4.69, 9.17) is 5.84 Å². The van der Waals surface area contributed by atoms with Crippen LogP contribution < -0.4 is 11.3 Å². The van der Waals surface area contributed by atoms with Crippen LogP contribution in [0.3, 0.4) is 0 Å². The van der Waals surface area contributed by atoms with Crippen molar-refractivity contribution in [3.8, 4) is 0 Å². The van der Waals surface area contributed by atoms with Gasteiger partial charge in [-0.3, -0.25) is 0 Å². The van der Waals surface area contributed by atoms with Crippen molar-refractivity contribution in [2.24, 2.45) is 10.8 Å². The summed E-state index contributed by atoms with van der Waals surface area (Å²) in [6.07, 6.45) is 0. The monoisotopic (exact) mass is 373 g/mol. The summed E-state index contributed by atoms with van der Waals surface area (Å²) in [6.45, 7) is 0. The van der Waals surface area contributed by atoms with E-state index in [-0.39, 0.29) is 0 Å². The van der Waals surface area contributed by atoms with E-state index in [1.54, 1.807) is 11.3 Å². The summed E-state index contributed by atoms with van der Waals surface area (Å²) in [6, 6.07) is 11.6. The fourth-order valence-corrected chi connectivity index (χ4v) is 4.11. The Balaban J connectivity index is 2.40. The summed E-state index contributed by atoms with van der Waals surface area (Å²) in [7, 11) is 0. The van der Waals surface area contributed by atoms with Crippen molar-refractivity contribution in [2.75, 3.05) is 0 Å². The minimum atomic E-state index is 0.630. The number of halogens is 2. The quantitative estimate of drug-likeness (QED) is 0.363. The summed E-state index contributed by atoms with van der Waals surface area (Å²) in [5, 5.41) is 0. The highest BCUT2D eigenvalue weighted by Crippen LogP contribution is 2.32. The molecule has 0 bridgehead atoms. The fraction of sp³-hybridized carbons (Fsp3) is 0. The first kappa shape index (κ1) is 12.8. The molecule has 3 N–H and O–H groups in total.